The number of sulfonamides is 1. The van der Waals surface area contributed by atoms with E-state index in [1.165, 1.54) is 17.5 Å². The van der Waals surface area contributed by atoms with Gasteiger partial charge in [-0.25, -0.2) is 8.42 Å². The fraction of sp³-hybridized carbons (Fsp3) is 0.500. The molecule has 0 aliphatic carbocycles. The lowest BCUT2D eigenvalue weighted by atomic mass is 10.3. The second kappa shape index (κ2) is 6.57. The first-order valence-electron chi connectivity index (χ1n) is 6.54. The molecule has 1 fully saturated rings. The molecule has 1 saturated heterocycles. The van der Waals surface area contributed by atoms with Gasteiger partial charge >= 0.3 is 0 Å². The van der Waals surface area contributed by atoms with Gasteiger partial charge in [-0.05, 0) is 6.07 Å². The monoisotopic (exact) mass is 331 g/mol. The van der Waals surface area contributed by atoms with Crippen LogP contribution in [0.5, 0.6) is 5.75 Å². The van der Waals surface area contributed by atoms with Crippen LogP contribution in [0.15, 0.2) is 23.1 Å². The van der Waals surface area contributed by atoms with Crippen molar-refractivity contribution in [2.24, 2.45) is 5.73 Å². The molecule has 1 unspecified atom stereocenters. The van der Waals surface area contributed by atoms with E-state index in [4.69, 9.17) is 15.2 Å². The number of methoxy groups -OCH3 is 1. The van der Waals surface area contributed by atoms with Crippen LogP contribution in [0.4, 0.5) is 5.69 Å². The van der Waals surface area contributed by atoms with E-state index in [2.05, 4.69) is 0 Å². The summed E-state index contributed by atoms with van der Waals surface area (Å²) in [6.45, 7) is 0.789. The Balaban J connectivity index is 2.38. The minimum absolute atomic E-state index is 0.0648. The smallest absolute Gasteiger partial charge is 0.273 e. The average Bonchev–Trinajstić information content (AvgIpc) is 2.54. The Kier molecular flexibility index (Phi) is 4.96. The van der Waals surface area contributed by atoms with Gasteiger partial charge in [-0.15, -0.1) is 0 Å². The first kappa shape index (κ1) is 16.6. The molecule has 2 rings (SSSR count). The molecule has 1 heterocycles. The molecule has 10 heteroatoms. The summed E-state index contributed by atoms with van der Waals surface area (Å²) in [4.78, 5) is 10.0. The third-order valence-electron chi connectivity index (χ3n) is 3.34. The molecule has 1 aromatic carbocycles. The molecular formula is C12H17N3O6S. The van der Waals surface area contributed by atoms with Crippen molar-refractivity contribution in [1.29, 1.82) is 0 Å². The summed E-state index contributed by atoms with van der Waals surface area (Å²) in [5, 5.41) is 10.8. The van der Waals surface area contributed by atoms with E-state index in [-0.39, 0.29) is 48.7 Å². The Morgan fingerprint density at radius 1 is 1.55 bits per heavy atom. The Bertz CT molecular complexity index is 663. The maximum absolute atomic E-state index is 12.7. The molecule has 9 nitrogen and oxygen atoms in total. The number of hydrogen-bond acceptors (Lipinski definition) is 7. The van der Waals surface area contributed by atoms with Crippen molar-refractivity contribution in [3.63, 3.8) is 0 Å². The fourth-order valence-corrected chi connectivity index (χ4v) is 3.77. The second-order valence-corrected chi connectivity index (χ2v) is 6.59. The van der Waals surface area contributed by atoms with Gasteiger partial charge in [0.1, 0.15) is 10.6 Å². The van der Waals surface area contributed by atoms with Crippen LogP contribution in [0.1, 0.15) is 0 Å². The summed E-state index contributed by atoms with van der Waals surface area (Å²) >= 11 is 0. The maximum atomic E-state index is 12.7. The van der Waals surface area contributed by atoms with Crippen LogP contribution in [0.3, 0.4) is 0 Å². The van der Waals surface area contributed by atoms with Crippen LogP contribution < -0.4 is 10.5 Å². The van der Waals surface area contributed by atoms with Crippen LogP contribution in [-0.4, -0.2) is 57.1 Å². The number of nitrogens with zero attached hydrogens (tertiary/aromatic N) is 2. The van der Waals surface area contributed by atoms with Crippen molar-refractivity contribution < 1.29 is 22.8 Å². The Labute approximate surface area is 127 Å². The lowest BCUT2D eigenvalue weighted by Gasteiger charge is -2.31. The number of nitro groups is 1. The van der Waals surface area contributed by atoms with E-state index in [0.29, 0.717) is 0 Å². The highest BCUT2D eigenvalue weighted by atomic mass is 32.2. The molecule has 0 amide bonds. The standard InChI is InChI=1S/C12H17N3O6S/c1-20-11-6-9(15(16)17)2-3-12(11)22(18,19)14-4-5-21-10(7-13)8-14/h2-3,6,10H,4-5,7-8,13H2,1H3. The molecule has 2 N–H and O–H groups in total. The van der Waals surface area contributed by atoms with Gasteiger partial charge in [-0.3, -0.25) is 10.1 Å². The number of morpholine rings is 1. The van der Waals surface area contributed by atoms with Crippen molar-refractivity contribution in [2.75, 3.05) is 33.4 Å². The SMILES string of the molecule is COc1cc([N+](=O)[O-])ccc1S(=O)(=O)N1CCOC(CN)C1. The summed E-state index contributed by atoms with van der Waals surface area (Å²) in [7, 11) is -2.58. The first-order valence-corrected chi connectivity index (χ1v) is 7.98. The van der Waals surface area contributed by atoms with Crippen LogP contribution in [0, 0.1) is 10.1 Å². The van der Waals surface area contributed by atoms with E-state index in [9.17, 15) is 18.5 Å². The number of benzene rings is 1. The highest BCUT2D eigenvalue weighted by Gasteiger charge is 2.33. The number of nitrogens with two attached hydrogens (primary N) is 1. The third kappa shape index (κ3) is 3.19. The van der Waals surface area contributed by atoms with Gasteiger partial charge in [-0.1, -0.05) is 0 Å². The molecule has 1 aliphatic heterocycles. The average molecular weight is 331 g/mol. The first-order chi connectivity index (χ1) is 10.4. The molecule has 0 saturated carbocycles. The topological polar surface area (TPSA) is 125 Å². The molecule has 22 heavy (non-hydrogen) atoms. The Morgan fingerprint density at radius 3 is 2.86 bits per heavy atom. The fourth-order valence-electron chi connectivity index (χ4n) is 2.18. The molecule has 0 spiro atoms. The van der Waals surface area contributed by atoms with Crippen molar-refractivity contribution >= 4 is 15.7 Å². The summed E-state index contributed by atoms with van der Waals surface area (Å²) in [5.41, 5.74) is 5.27. The quantitative estimate of drug-likeness (QED) is 0.592. The summed E-state index contributed by atoms with van der Waals surface area (Å²) < 4.78 is 37.0. The Hall–Kier alpha value is -1.75. The highest BCUT2D eigenvalue weighted by molar-refractivity contribution is 7.89. The van der Waals surface area contributed by atoms with Gasteiger partial charge < -0.3 is 15.2 Å². The number of non-ortho nitro benzene ring substituents is 1. The second-order valence-electron chi connectivity index (χ2n) is 4.68. The molecule has 0 radical (unpaired) electrons. The van der Waals surface area contributed by atoms with E-state index in [0.717, 1.165) is 12.1 Å². The van der Waals surface area contributed by atoms with Crippen LogP contribution in [0.2, 0.25) is 0 Å². The molecule has 122 valence electrons. The molecule has 1 atom stereocenters. The minimum Gasteiger partial charge on any atom is -0.495 e. The summed E-state index contributed by atoms with van der Waals surface area (Å²) in [6, 6.07) is 3.41. The van der Waals surface area contributed by atoms with Gasteiger partial charge in [0.15, 0.2) is 0 Å². The van der Waals surface area contributed by atoms with E-state index in [1.807, 2.05) is 0 Å². The van der Waals surface area contributed by atoms with Gasteiger partial charge in [0, 0.05) is 25.7 Å². The molecule has 1 aliphatic rings. The lowest BCUT2D eigenvalue weighted by Crippen LogP contribution is -2.48. The number of rotatable bonds is 5. The van der Waals surface area contributed by atoms with Crippen LogP contribution in [-0.2, 0) is 14.8 Å². The molecule has 0 bridgehead atoms. The summed E-state index contributed by atoms with van der Waals surface area (Å²) in [5.74, 6) is -0.0648. The predicted octanol–water partition coefficient (Wildman–Crippen LogP) is -0.0484. The maximum Gasteiger partial charge on any atom is 0.273 e. The lowest BCUT2D eigenvalue weighted by molar-refractivity contribution is -0.385. The van der Waals surface area contributed by atoms with Crippen molar-refractivity contribution in [3.05, 3.63) is 28.3 Å². The molecule has 0 aromatic heterocycles. The zero-order valence-electron chi connectivity index (χ0n) is 12.0. The van der Waals surface area contributed by atoms with E-state index < -0.39 is 14.9 Å². The van der Waals surface area contributed by atoms with Gasteiger partial charge in [0.05, 0.1) is 30.8 Å². The number of nitro benzene ring substituents is 1. The normalized spacial score (nSPS) is 19.8. The van der Waals surface area contributed by atoms with Gasteiger partial charge in [0.2, 0.25) is 10.0 Å². The van der Waals surface area contributed by atoms with Crippen molar-refractivity contribution in [3.8, 4) is 5.75 Å². The Morgan fingerprint density at radius 2 is 2.27 bits per heavy atom. The van der Waals surface area contributed by atoms with Crippen molar-refractivity contribution in [2.45, 2.75) is 11.0 Å². The zero-order valence-corrected chi connectivity index (χ0v) is 12.8. The highest BCUT2D eigenvalue weighted by Crippen LogP contribution is 2.31. The van der Waals surface area contributed by atoms with Gasteiger partial charge in [0.25, 0.3) is 5.69 Å². The zero-order chi connectivity index (χ0) is 16.3. The minimum atomic E-state index is -3.84. The third-order valence-corrected chi connectivity index (χ3v) is 5.24. The largest absolute Gasteiger partial charge is 0.495 e. The predicted molar refractivity (Wildman–Crippen MR) is 77.2 cm³/mol. The van der Waals surface area contributed by atoms with E-state index in [1.54, 1.807) is 0 Å². The molecule has 1 aromatic rings. The number of ether oxygens (including phenoxy) is 2. The van der Waals surface area contributed by atoms with Crippen molar-refractivity contribution in [1.82, 2.24) is 4.31 Å². The molecular weight excluding hydrogens is 314 g/mol. The summed E-state index contributed by atoms with van der Waals surface area (Å²) in [6.07, 6.45) is -0.368. The van der Waals surface area contributed by atoms with Crippen LogP contribution in [0.25, 0.3) is 0 Å². The van der Waals surface area contributed by atoms with Crippen LogP contribution >= 0.6 is 0 Å². The number of hydrogen-bond donors (Lipinski definition) is 1. The van der Waals surface area contributed by atoms with E-state index >= 15 is 0 Å². The van der Waals surface area contributed by atoms with Gasteiger partial charge in [-0.2, -0.15) is 4.31 Å².